The van der Waals surface area contributed by atoms with E-state index in [2.05, 4.69) is 53.5 Å². The average molecular weight is 503 g/mol. The fourth-order valence-corrected chi connectivity index (χ4v) is 3.24. The van der Waals surface area contributed by atoms with E-state index in [1.54, 1.807) is 7.11 Å². The molecule has 1 atom stereocenters. The van der Waals surface area contributed by atoms with Crippen LogP contribution in [0.25, 0.3) is 0 Å². The SMILES string of the molecule is CCNC(=NCC(C)CN1CCN(C)CC1)NCCc1ccc(OC)cc1.I. The van der Waals surface area contributed by atoms with Crippen LogP contribution in [0.3, 0.4) is 0 Å². The van der Waals surface area contributed by atoms with Crippen molar-refractivity contribution in [3.05, 3.63) is 29.8 Å². The number of piperazine rings is 1. The first-order valence-electron chi connectivity index (χ1n) is 10.2. The summed E-state index contributed by atoms with van der Waals surface area (Å²) in [5.41, 5.74) is 1.29. The van der Waals surface area contributed by atoms with Gasteiger partial charge in [-0.25, -0.2) is 0 Å². The molecule has 1 heterocycles. The summed E-state index contributed by atoms with van der Waals surface area (Å²) in [6.07, 6.45) is 0.964. The van der Waals surface area contributed by atoms with Crippen LogP contribution >= 0.6 is 24.0 Å². The van der Waals surface area contributed by atoms with Crippen molar-refractivity contribution in [2.24, 2.45) is 10.9 Å². The maximum absolute atomic E-state index is 5.21. The van der Waals surface area contributed by atoms with Gasteiger partial charge in [-0.1, -0.05) is 19.1 Å². The lowest BCUT2D eigenvalue weighted by Gasteiger charge is -2.33. The Kier molecular flexibility index (Phi) is 12.5. The zero-order valence-electron chi connectivity index (χ0n) is 17.9. The molecule has 1 aromatic carbocycles. The third-order valence-corrected chi connectivity index (χ3v) is 4.94. The Balaban J connectivity index is 0.00000392. The van der Waals surface area contributed by atoms with Crippen LogP contribution in [0.1, 0.15) is 19.4 Å². The molecule has 1 saturated heterocycles. The molecule has 0 aromatic heterocycles. The molecule has 1 fully saturated rings. The smallest absolute Gasteiger partial charge is 0.191 e. The molecular weight excluding hydrogens is 465 g/mol. The van der Waals surface area contributed by atoms with E-state index in [1.807, 2.05) is 12.1 Å². The van der Waals surface area contributed by atoms with Gasteiger partial charge in [0.25, 0.3) is 0 Å². The molecule has 1 aliphatic rings. The molecule has 2 N–H and O–H groups in total. The maximum atomic E-state index is 5.21. The molecule has 2 rings (SSSR count). The Bertz CT molecular complexity index is 558. The van der Waals surface area contributed by atoms with E-state index >= 15 is 0 Å². The number of hydrogen-bond acceptors (Lipinski definition) is 4. The largest absolute Gasteiger partial charge is 0.497 e. The van der Waals surface area contributed by atoms with Crippen molar-refractivity contribution >= 4 is 29.9 Å². The molecule has 28 heavy (non-hydrogen) atoms. The van der Waals surface area contributed by atoms with E-state index in [0.717, 1.165) is 44.3 Å². The first kappa shape index (κ1) is 25.0. The van der Waals surface area contributed by atoms with Gasteiger partial charge in [-0.15, -0.1) is 24.0 Å². The summed E-state index contributed by atoms with van der Waals surface area (Å²) in [6, 6.07) is 8.24. The minimum absolute atomic E-state index is 0. The second-order valence-corrected chi connectivity index (χ2v) is 7.45. The number of hydrogen-bond donors (Lipinski definition) is 2. The summed E-state index contributed by atoms with van der Waals surface area (Å²) in [4.78, 5) is 9.75. The molecule has 0 amide bonds. The fraction of sp³-hybridized carbons (Fsp3) is 0.667. The van der Waals surface area contributed by atoms with E-state index < -0.39 is 0 Å². The lowest BCUT2D eigenvalue weighted by Crippen LogP contribution is -2.46. The van der Waals surface area contributed by atoms with Crippen LogP contribution in [0.5, 0.6) is 5.75 Å². The van der Waals surface area contributed by atoms with Crippen LogP contribution in [0.2, 0.25) is 0 Å². The van der Waals surface area contributed by atoms with Gasteiger partial charge in [-0.3, -0.25) is 4.99 Å². The zero-order chi connectivity index (χ0) is 19.5. The summed E-state index contributed by atoms with van der Waals surface area (Å²) in [7, 11) is 3.89. The number of aliphatic imine (C=N–C) groups is 1. The predicted molar refractivity (Wildman–Crippen MR) is 129 cm³/mol. The van der Waals surface area contributed by atoms with Crippen molar-refractivity contribution in [3.63, 3.8) is 0 Å². The van der Waals surface area contributed by atoms with Gasteiger partial charge in [0.2, 0.25) is 0 Å². The molecular formula is C21H38IN5O. The fourth-order valence-electron chi connectivity index (χ4n) is 3.24. The van der Waals surface area contributed by atoms with Gasteiger partial charge >= 0.3 is 0 Å². The van der Waals surface area contributed by atoms with E-state index in [0.29, 0.717) is 5.92 Å². The molecule has 6 nitrogen and oxygen atoms in total. The standard InChI is InChI=1S/C21H37N5O.HI/c1-5-22-21(23-11-10-19-6-8-20(27-4)9-7-19)24-16-18(2)17-26-14-12-25(3)13-15-26;/h6-9,18H,5,10-17H2,1-4H3,(H2,22,23,24);1H. The summed E-state index contributed by atoms with van der Waals surface area (Å²) in [5, 5.41) is 6.80. The molecule has 7 heteroatoms. The van der Waals surface area contributed by atoms with Gasteiger partial charge in [0.15, 0.2) is 5.96 Å². The zero-order valence-corrected chi connectivity index (χ0v) is 20.2. The Morgan fingerprint density at radius 3 is 2.43 bits per heavy atom. The van der Waals surface area contributed by atoms with Crippen LogP contribution in [-0.4, -0.2) is 82.3 Å². The summed E-state index contributed by atoms with van der Waals surface area (Å²) >= 11 is 0. The normalized spacial score (nSPS) is 16.9. The quantitative estimate of drug-likeness (QED) is 0.308. The van der Waals surface area contributed by atoms with Gasteiger partial charge in [0.05, 0.1) is 7.11 Å². The van der Waals surface area contributed by atoms with Gasteiger partial charge in [0.1, 0.15) is 5.75 Å². The van der Waals surface area contributed by atoms with Crippen LogP contribution in [0, 0.1) is 5.92 Å². The Hall–Kier alpha value is -1.06. The highest BCUT2D eigenvalue weighted by Crippen LogP contribution is 2.11. The van der Waals surface area contributed by atoms with Gasteiger partial charge in [-0.2, -0.15) is 0 Å². The van der Waals surface area contributed by atoms with Crippen LogP contribution in [0.4, 0.5) is 0 Å². The number of halogens is 1. The molecule has 0 bridgehead atoms. The number of rotatable bonds is 9. The average Bonchev–Trinajstić information content (AvgIpc) is 2.68. The topological polar surface area (TPSA) is 52.1 Å². The highest BCUT2D eigenvalue weighted by atomic mass is 127. The lowest BCUT2D eigenvalue weighted by molar-refractivity contribution is 0.140. The van der Waals surface area contributed by atoms with E-state index in [4.69, 9.17) is 9.73 Å². The number of likely N-dealkylation sites (N-methyl/N-ethyl adjacent to an activating group) is 1. The number of methoxy groups -OCH3 is 1. The van der Waals surface area contributed by atoms with Crippen LogP contribution in [-0.2, 0) is 6.42 Å². The first-order chi connectivity index (χ1) is 13.1. The first-order valence-corrected chi connectivity index (χ1v) is 10.2. The minimum atomic E-state index is 0. The van der Waals surface area contributed by atoms with Crippen molar-refractivity contribution in [1.82, 2.24) is 20.4 Å². The number of ether oxygens (including phenoxy) is 1. The van der Waals surface area contributed by atoms with Gasteiger partial charge < -0.3 is 25.2 Å². The van der Waals surface area contributed by atoms with E-state index in [1.165, 1.54) is 31.7 Å². The van der Waals surface area contributed by atoms with E-state index in [-0.39, 0.29) is 24.0 Å². The second-order valence-electron chi connectivity index (χ2n) is 7.45. The monoisotopic (exact) mass is 503 g/mol. The second kappa shape index (κ2) is 14.0. The highest BCUT2D eigenvalue weighted by Gasteiger charge is 2.15. The number of benzene rings is 1. The minimum Gasteiger partial charge on any atom is -0.497 e. The Morgan fingerprint density at radius 1 is 1.14 bits per heavy atom. The van der Waals surface area contributed by atoms with Gasteiger partial charge in [0, 0.05) is 52.4 Å². The van der Waals surface area contributed by atoms with Crippen molar-refractivity contribution in [1.29, 1.82) is 0 Å². The van der Waals surface area contributed by atoms with Crippen LogP contribution in [0.15, 0.2) is 29.3 Å². The molecule has 0 spiro atoms. The molecule has 1 aliphatic heterocycles. The van der Waals surface area contributed by atoms with Crippen molar-refractivity contribution < 1.29 is 4.74 Å². The third kappa shape index (κ3) is 9.43. The summed E-state index contributed by atoms with van der Waals surface area (Å²) in [5.74, 6) is 2.37. The van der Waals surface area contributed by atoms with Crippen LogP contribution < -0.4 is 15.4 Å². The summed E-state index contributed by atoms with van der Waals surface area (Å²) in [6.45, 7) is 12.8. The van der Waals surface area contributed by atoms with Gasteiger partial charge in [-0.05, 0) is 44.0 Å². The molecule has 0 radical (unpaired) electrons. The maximum Gasteiger partial charge on any atom is 0.191 e. The lowest BCUT2D eigenvalue weighted by atomic mass is 10.1. The highest BCUT2D eigenvalue weighted by molar-refractivity contribution is 14.0. The molecule has 1 unspecified atom stereocenters. The number of guanidine groups is 1. The number of nitrogens with zero attached hydrogens (tertiary/aromatic N) is 3. The van der Waals surface area contributed by atoms with E-state index in [9.17, 15) is 0 Å². The Morgan fingerprint density at radius 2 is 1.82 bits per heavy atom. The van der Waals surface area contributed by atoms with Crippen molar-refractivity contribution in [2.45, 2.75) is 20.3 Å². The third-order valence-electron chi connectivity index (χ3n) is 4.94. The molecule has 160 valence electrons. The molecule has 0 saturated carbocycles. The molecule has 1 aromatic rings. The summed E-state index contributed by atoms with van der Waals surface area (Å²) < 4.78 is 5.21. The Labute approximate surface area is 188 Å². The molecule has 0 aliphatic carbocycles. The van der Waals surface area contributed by atoms with Crippen molar-refractivity contribution in [3.8, 4) is 5.75 Å². The predicted octanol–water partition coefficient (Wildman–Crippen LogP) is 2.29. The van der Waals surface area contributed by atoms with Crippen molar-refractivity contribution in [2.75, 3.05) is 66.5 Å². The number of nitrogens with one attached hydrogen (secondary N) is 2.